The van der Waals surface area contributed by atoms with Gasteiger partial charge >= 0.3 is 5.97 Å². The molecule has 0 radical (unpaired) electrons. The zero-order valence-corrected chi connectivity index (χ0v) is 9.32. The number of hydrogen-bond acceptors (Lipinski definition) is 3. The number of benzene rings is 1. The fraction of sp³-hybridized carbons (Fsp3) is 0.333. The zero-order chi connectivity index (χ0) is 12.3. The van der Waals surface area contributed by atoms with Crippen molar-refractivity contribution in [2.75, 3.05) is 17.2 Å². The van der Waals surface area contributed by atoms with Crippen LogP contribution in [-0.4, -0.2) is 23.5 Å². The van der Waals surface area contributed by atoms with Crippen molar-refractivity contribution in [2.24, 2.45) is 0 Å². The summed E-state index contributed by atoms with van der Waals surface area (Å²) in [5.74, 6) is -1.23. The fourth-order valence-corrected chi connectivity index (χ4v) is 1.83. The van der Waals surface area contributed by atoms with Crippen LogP contribution in [0.25, 0.3) is 0 Å². The minimum atomic E-state index is -0.960. The van der Waals surface area contributed by atoms with Crippen LogP contribution in [0, 0.1) is 0 Å². The molecule has 2 rings (SSSR count). The number of carboxylic acid groups (broad SMARTS) is 1. The summed E-state index contributed by atoms with van der Waals surface area (Å²) in [6.45, 7) is 0.922. The molecule has 5 nitrogen and oxygen atoms in total. The molecular formula is C12H14N2O3. The van der Waals surface area contributed by atoms with Crippen LogP contribution in [0.15, 0.2) is 18.2 Å². The van der Waals surface area contributed by atoms with E-state index in [-0.39, 0.29) is 18.7 Å². The maximum absolute atomic E-state index is 11.4. The molecule has 0 spiro atoms. The lowest BCUT2D eigenvalue weighted by molar-refractivity contribution is -0.138. The highest BCUT2D eigenvalue weighted by atomic mass is 16.4. The fourth-order valence-electron chi connectivity index (χ4n) is 1.83. The SMILES string of the molecule is O=C(O)CCC(=O)Nc1ccc2c(c1)CCN2. The van der Waals surface area contributed by atoms with Crippen molar-refractivity contribution in [3.8, 4) is 0 Å². The van der Waals surface area contributed by atoms with E-state index in [1.54, 1.807) is 0 Å². The Morgan fingerprint density at radius 2 is 2.18 bits per heavy atom. The van der Waals surface area contributed by atoms with E-state index in [1.807, 2.05) is 18.2 Å². The van der Waals surface area contributed by atoms with E-state index >= 15 is 0 Å². The van der Waals surface area contributed by atoms with Gasteiger partial charge < -0.3 is 15.7 Å². The first-order chi connectivity index (χ1) is 8.15. The smallest absolute Gasteiger partial charge is 0.303 e. The third kappa shape index (κ3) is 2.96. The van der Waals surface area contributed by atoms with Crippen LogP contribution in [0.5, 0.6) is 0 Å². The van der Waals surface area contributed by atoms with Gasteiger partial charge in [-0.3, -0.25) is 9.59 Å². The van der Waals surface area contributed by atoms with E-state index in [0.717, 1.165) is 24.3 Å². The third-order valence-electron chi connectivity index (χ3n) is 2.66. The molecule has 0 unspecified atom stereocenters. The molecule has 0 atom stereocenters. The Morgan fingerprint density at radius 1 is 1.35 bits per heavy atom. The molecule has 17 heavy (non-hydrogen) atoms. The highest BCUT2D eigenvalue weighted by Gasteiger charge is 2.11. The molecule has 90 valence electrons. The van der Waals surface area contributed by atoms with Crippen LogP contribution in [0.4, 0.5) is 11.4 Å². The number of anilines is 2. The van der Waals surface area contributed by atoms with Crippen molar-refractivity contribution in [1.82, 2.24) is 0 Å². The monoisotopic (exact) mass is 234 g/mol. The number of aliphatic carboxylic acids is 1. The molecule has 3 N–H and O–H groups in total. The summed E-state index contributed by atoms with van der Waals surface area (Å²) in [5.41, 5.74) is 3.01. The van der Waals surface area contributed by atoms with Crippen LogP contribution < -0.4 is 10.6 Å². The van der Waals surface area contributed by atoms with Crippen molar-refractivity contribution >= 4 is 23.3 Å². The van der Waals surface area contributed by atoms with Crippen LogP contribution in [0.3, 0.4) is 0 Å². The number of rotatable bonds is 4. The molecule has 0 saturated heterocycles. The van der Waals surface area contributed by atoms with Crippen LogP contribution in [-0.2, 0) is 16.0 Å². The number of hydrogen-bond donors (Lipinski definition) is 3. The maximum atomic E-state index is 11.4. The van der Waals surface area contributed by atoms with Gasteiger partial charge in [-0.15, -0.1) is 0 Å². The highest BCUT2D eigenvalue weighted by molar-refractivity contribution is 5.92. The molecule has 0 fully saturated rings. The largest absolute Gasteiger partial charge is 0.481 e. The number of fused-ring (bicyclic) bond motifs is 1. The van der Waals surface area contributed by atoms with Gasteiger partial charge in [0.05, 0.1) is 6.42 Å². The predicted molar refractivity (Wildman–Crippen MR) is 64.1 cm³/mol. The van der Waals surface area contributed by atoms with Gasteiger partial charge in [0.2, 0.25) is 5.91 Å². The Morgan fingerprint density at radius 3 is 2.94 bits per heavy atom. The second-order valence-corrected chi connectivity index (χ2v) is 3.99. The van der Waals surface area contributed by atoms with Crippen molar-refractivity contribution in [2.45, 2.75) is 19.3 Å². The lowest BCUT2D eigenvalue weighted by Crippen LogP contribution is -2.13. The lowest BCUT2D eigenvalue weighted by atomic mass is 10.1. The molecule has 1 aromatic rings. The predicted octanol–water partition coefficient (Wildman–Crippen LogP) is 1.46. The van der Waals surface area contributed by atoms with Crippen molar-refractivity contribution in [1.29, 1.82) is 0 Å². The van der Waals surface area contributed by atoms with Gasteiger partial charge in [0, 0.05) is 24.3 Å². The van der Waals surface area contributed by atoms with Gasteiger partial charge in [-0.05, 0) is 30.2 Å². The molecule has 1 amide bonds. The molecule has 0 aromatic heterocycles. The van der Waals surface area contributed by atoms with Crippen LogP contribution in [0.2, 0.25) is 0 Å². The summed E-state index contributed by atoms with van der Waals surface area (Å²) in [6.07, 6.45) is 0.817. The maximum Gasteiger partial charge on any atom is 0.303 e. The Balaban J connectivity index is 1.95. The van der Waals surface area contributed by atoms with E-state index in [2.05, 4.69) is 10.6 Å². The number of carbonyl (C=O) groups is 2. The number of amides is 1. The van der Waals surface area contributed by atoms with Crippen molar-refractivity contribution in [3.63, 3.8) is 0 Å². The van der Waals surface area contributed by atoms with Crippen molar-refractivity contribution in [3.05, 3.63) is 23.8 Å². The van der Waals surface area contributed by atoms with Gasteiger partial charge in [-0.1, -0.05) is 0 Å². The highest BCUT2D eigenvalue weighted by Crippen LogP contribution is 2.25. The minimum absolute atomic E-state index is 0.00463. The first kappa shape index (κ1) is 11.4. The number of carboxylic acids is 1. The Labute approximate surface area is 98.8 Å². The van der Waals surface area contributed by atoms with E-state index in [9.17, 15) is 9.59 Å². The average Bonchev–Trinajstić information content (AvgIpc) is 2.73. The summed E-state index contributed by atoms with van der Waals surface area (Å²) < 4.78 is 0. The van der Waals surface area contributed by atoms with Gasteiger partial charge in [0.1, 0.15) is 0 Å². The van der Waals surface area contributed by atoms with Gasteiger partial charge in [0.25, 0.3) is 0 Å². The number of carbonyl (C=O) groups excluding carboxylic acids is 1. The van der Waals surface area contributed by atoms with Crippen LogP contribution in [0.1, 0.15) is 18.4 Å². The molecule has 1 heterocycles. The second kappa shape index (κ2) is 4.86. The molecule has 0 saturated carbocycles. The minimum Gasteiger partial charge on any atom is -0.481 e. The summed E-state index contributed by atoms with van der Waals surface area (Å²) in [6, 6.07) is 5.67. The Kier molecular flexibility index (Phi) is 3.27. The molecular weight excluding hydrogens is 220 g/mol. The van der Waals surface area contributed by atoms with Gasteiger partial charge in [0.15, 0.2) is 0 Å². The number of nitrogens with one attached hydrogen (secondary N) is 2. The van der Waals surface area contributed by atoms with Gasteiger partial charge in [-0.25, -0.2) is 0 Å². The zero-order valence-electron chi connectivity index (χ0n) is 9.32. The van der Waals surface area contributed by atoms with E-state index in [0.29, 0.717) is 0 Å². The lowest BCUT2D eigenvalue weighted by Gasteiger charge is -2.06. The Hall–Kier alpha value is -2.04. The van der Waals surface area contributed by atoms with Gasteiger partial charge in [-0.2, -0.15) is 0 Å². The summed E-state index contributed by atoms with van der Waals surface area (Å²) in [7, 11) is 0. The van der Waals surface area contributed by atoms with Crippen LogP contribution >= 0.6 is 0 Å². The molecule has 5 heteroatoms. The second-order valence-electron chi connectivity index (χ2n) is 3.99. The first-order valence-electron chi connectivity index (χ1n) is 5.53. The van der Waals surface area contributed by atoms with E-state index in [4.69, 9.17) is 5.11 Å². The molecule has 1 aliphatic rings. The van der Waals surface area contributed by atoms with E-state index in [1.165, 1.54) is 5.56 Å². The average molecular weight is 234 g/mol. The summed E-state index contributed by atoms with van der Waals surface area (Å²) >= 11 is 0. The van der Waals surface area contributed by atoms with Crippen molar-refractivity contribution < 1.29 is 14.7 Å². The molecule has 0 bridgehead atoms. The molecule has 1 aromatic carbocycles. The first-order valence-corrected chi connectivity index (χ1v) is 5.53. The Bertz CT molecular complexity index is 457. The third-order valence-corrected chi connectivity index (χ3v) is 2.66. The quantitative estimate of drug-likeness (QED) is 0.737. The topological polar surface area (TPSA) is 78.4 Å². The normalized spacial score (nSPS) is 12.7. The van der Waals surface area contributed by atoms with E-state index < -0.39 is 5.97 Å². The summed E-state index contributed by atoms with van der Waals surface area (Å²) in [5, 5.41) is 14.4. The molecule has 1 aliphatic heterocycles. The summed E-state index contributed by atoms with van der Waals surface area (Å²) in [4.78, 5) is 21.7. The molecule has 0 aliphatic carbocycles. The standard InChI is InChI=1S/C12H14N2O3/c15-11(3-4-12(16)17)14-9-1-2-10-8(7-9)5-6-13-10/h1-2,7,13H,3-6H2,(H,14,15)(H,16,17).